The molecule has 2 heterocycles. The van der Waals surface area contributed by atoms with Gasteiger partial charge in [0.2, 0.25) is 0 Å². The molecule has 1 N–H and O–H groups in total. The molecule has 0 atom stereocenters. The number of thiophene rings is 1. The smallest absolute Gasteiger partial charge is 0.184 e. The second-order valence-electron chi connectivity index (χ2n) is 3.73. The summed E-state index contributed by atoms with van der Waals surface area (Å²) in [5.41, 5.74) is -0.0269. The molecule has 7 heteroatoms. The van der Waals surface area contributed by atoms with Crippen LogP contribution in [0.3, 0.4) is 0 Å². The zero-order valence-corrected chi connectivity index (χ0v) is 10.9. The zero-order chi connectivity index (χ0) is 13.4. The van der Waals surface area contributed by atoms with Gasteiger partial charge in [0.1, 0.15) is 11.6 Å². The van der Waals surface area contributed by atoms with Gasteiger partial charge in [-0.25, -0.2) is 13.8 Å². The van der Waals surface area contributed by atoms with Crippen LogP contribution in [0.5, 0.6) is 0 Å². The van der Waals surface area contributed by atoms with E-state index in [1.165, 1.54) is 11.3 Å². The Morgan fingerprint density at radius 2 is 2.05 bits per heavy atom. The van der Waals surface area contributed by atoms with Crippen molar-refractivity contribution < 1.29 is 8.78 Å². The van der Waals surface area contributed by atoms with E-state index in [9.17, 15) is 8.78 Å². The lowest BCUT2D eigenvalue weighted by atomic mass is 10.2. The second-order valence-corrected chi connectivity index (χ2v) is 5.09. The molecule has 0 unspecified atom stereocenters. The van der Waals surface area contributed by atoms with E-state index < -0.39 is 11.6 Å². The van der Waals surface area contributed by atoms with Gasteiger partial charge in [0.05, 0.1) is 15.5 Å². The van der Waals surface area contributed by atoms with E-state index in [1.807, 2.05) is 17.5 Å². The maximum atomic E-state index is 13.7. The van der Waals surface area contributed by atoms with Crippen LogP contribution in [-0.4, -0.2) is 15.2 Å². The van der Waals surface area contributed by atoms with Gasteiger partial charge in [0.15, 0.2) is 11.6 Å². The van der Waals surface area contributed by atoms with E-state index in [1.54, 1.807) is 0 Å². The third-order valence-electron chi connectivity index (χ3n) is 2.49. The van der Waals surface area contributed by atoms with E-state index in [0.717, 1.165) is 17.0 Å². The van der Waals surface area contributed by atoms with Crippen molar-refractivity contribution in [2.45, 2.75) is 0 Å². The highest BCUT2D eigenvalue weighted by Gasteiger charge is 2.15. The van der Waals surface area contributed by atoms with Gasteiger partial charge in [-0.2, -0.15) is 5.10 Å². The summed E-state index contributed by atoms with van der Waals surface area (Å²) in [6, 6.07) is 5.62. The van der Waals surface area contributed by atoms with E-state index in [4.69, 9.17) is 11.6 Å². The van der Waals surface area contributed by atoms with Crippen LogP contribution >= 0.6 is 22.9 Å². The van der Waals surface area contributed by atoms with Gasteiger partial charge in [-0.1, -0.05) is 17.7 Å². The average molecular weight is 298 g/mol. The Kier molecular flexibility index (Phi) is 3.04. The van der Waals surface area contributed by atoms with Gasteiger partial charge in [-0.15, -0.1) is 11.3 Å². The molecule has 3 aromatic rings. The molecule has 0 aliphatic heterocycles. The number of hydrogen-bond acceptors (Lipinski definition) is 3. The predicted octanol–water partition coefficient (Wildman–Crippen LogP) is 4.13. The third-order valence-corrected chi connectivity index (χ3v) is 3.66. The molecule has 3 rings (SSSR count). The molecular weight excluding hydrogens is 292 g/mol. The molecule has 0 radical (unpaired) electrons. The molecule has 2 aromatic heterocycles. The zero-order valence-electron chi connectivity index (χ0n) is 9.32. The summed E-state index contributed by atoms with van der Waals surface area (Å²) in [7, 11) is 0. The van der Waals surface area contributed by atoms with Crippen molar-refractivity contribution in [3.05, 3.63) is 46.3 Å². The van der Waals surface area contributed by atoms with Crippen LogP contribution in [0.4, 0.5) is 8.78 Å². The van der Waals surface area contributed by atoms with E-state index >= 15 is 0 Å². The molecule has 0 amide bonds. The standard InChI is InChI=1S/C12H6ClF2N3S/c13-7-5-8(14)6(4-9(7)15)11-16-12(18-17-11)10-2-1-3-19-10/h1-5H,(H,16,17,18). The molecule has 0 saturated heterocycles. The Morgan fingerprint density at radius 1 is 1.21 bits per heavy atom. The summed E-state index contributed by atoms with van der Waals surface area (Å²) in [6.07, 6.45) is 0. The molecule has 0 saturated carbocycles. The first-order valence-corrected chi connectivity index (χ1v) is 6.52. The molecule has 0 bridgehead atoms. The van der Waals surface area contributed by atoms with Crippen molar-refractivity contribution in [3.63, 3.8) is 0 Å². The van der Waals surface area contributed by atoms with Crippen molar-refractivity contribution in [1.29, 1.82) is 0 Å². The number of benzene rings is 1. The lowest BCUT2D eigenvalue weighted by Gasteiger charge is -2.00. The molecule has 0 aliphatic rings. The number of aromatic nitrogens is 3. The van der Waals surface area contributed by atoms with Crippen LogP contribution in [0.1, 0.15) is 0 Å². The van der Waals surface area contributed by atoms with Crippen LogP contribution in [0.25, 0.3) is 22.1 Å². The quantitative estimate of drug-likeness (QED) is 0.723. The Morgan fingerprint density at radius 3 is 2.79 bits per heavy atom. The monoisotopic (exact) mass is 297 g/mol. The summed E-state index contributed by atoms with van der Waals surface area (Å²) in [5.74, 6) is -0.764. The fourth-order valence-electron chi connectivity index (χ4n) is 1.60. The highest BCUT2D eigenvalue weighted by molar-refractivity contribution is 7.13. The maximum Gasteiger partial charge on any atom is 0.184 e. The van der Waals surface area contributed by atoms with E-state index in [-0.39, 0.29) is 16.4 Å². The number of H-pyrrole nitrogens is 1. The fourth-order valence-corrected chi connectivity index (χ4v) is 2.41. The fraction of sp³-hybridized carbons (Fsp3) is 0. The van der Waals surface area contributed by atoms with Gasteiger partial charge in [-0.05, 0) is 23.6 Å². The molecule has 19 heavy (non-hydrogen) atoms. The molecule has 0 aliphatic carbocycles. The molecule has 0 spiro atoms. The molecule has 96 valence electrons. The van der Waals surface area contributed by atoms with Gasteiger partial charge < -0.3 is 0 Å². The second kappa shape index (κ2) is 4.71. The van der Waals surface area contributed by atoms with Crippen LogP contribution in [0.2, 0.25) is 5.02 Å². The molecule has 3 nitrogen and oxygen atoms in total. The van der Waals surface area contributed by atoms with Crippen molar-refractivity contribution in [1.82, 2.24) is 15.2 Å². The molecule has 1 aromatic carbocycles. The van der Waals surface area contributed by atoms with Crippen molar-refractivity contribution >= 4 is 22.9 Å². The minimum absolute atomic E-state index is 0.0269. The first-order valence-electron chi connectivity index (χ1n) is 5.26. The highest BCUT2D eigenvalue weighted by Crippen LogP contribution is 2.27. The summed E-state index contributed by atoms with van der Waals surface area (Å²) in [6.45, 7) is 0. The van der Waals surface area contributed by atoms with Crippen LogP contribution in [0, 0.1) is 11.6 Å². The van der Waals surface area contributed by atoms with Gasteiger partial charge in [0.25, 0.3) is 0 Å². The Bertz CT molecular complexity index is 725. The number of rotatable bonds is 2. The minimum atomic E-state index is -0.708. The first kappa shape index (κ1) is 12.3. The summed E-state index contributed by atoms with van der Waals surface area (Å²) >= 11 is 6.97. The summed E-state index contributed by atoms with van der Waals surface area (Å²) in [5, 5.41) is 8.21. The first-order chi connectivity index (χ1) is 9.15. The van der Waals surface area contributed by atoms with Crippen molar-refractivity contribution in [2.24, 2.45) is 0 Å². The lowest BCUT2D eigenvalue weighted by Crippen LogP contribution is -1.90. The number of halogens is 3. The van der Waals surface area contributed by atoms with Crippen LogP contribution in [-0.2, 0) is 0 Å². The number of hydrogen-bond donors (Lipinski definition) is 1. The Labute approximate surface area is 115 Å². The van der Waals surface area contributed by atoms with E-state index in [0.29, 0.717) is 5.82 Å². The predicted molar refractivity (Wildman–Crippen MR) is 70.1 cm³/mol. The van der Waals surface area contributed by atoms with Gasteiger partial charge in [-0.3, -0.25) is 5.10 Å². The van der Waals surface area contributed by atoms with E-state index in [2.05, 4.69) is 15.2 Å². The van der Waals surface area contributed by atoms with Crippen LogP contribution in [0.15, 0.2) is 29.6 Å². The topological polar surface area (TPSA) is 41.6 Å². The third kappa shape index (κ3) is 2.24. The number of nitrogens with one attached hydrogen (secondary N) is 1. The normalized spacial score (nSPS) is 10.9. The average Bonchev–Trinajstić information content (AvgIpc) is 3.03. The van der Waals surface area contributed by atoms with Crippen molar-refractivity contribution in [3.8, 4) is 22.1 Å². The van der Waals surface area contributed by atoms with Crippen molar-refractivity contribution in [2.75, 3.05) is 0 Å². The molecular formula is C12H6ClF2N3S. The SMILES string of the molecule is Fc1cc(-c2n[nH]c(-c3cccs3)n2)c(F)cc1Cl. The summed E-state index contributed by atoms with van der Waals surface area (Å²) in [4.78, 5) is 5.02. The largest absolute Gasteiger partial charge is 0.258 e. The maximum absolute atomic E-state index is 13.7. The Hall–Kier alpha value is -1.79. The minimum Gasteiger partial charge on any atom is -0.258 e. The number of aromatic amines is 1. The highest BCUT2D eigenvalue weighted by atomic mass is 35.5. The molecule has 0 fully saturated rings. The lowest BCUT2D eigenvalue weighted by molar-refractivity contribution is 0.602. The Balaban J connectivity index is 2.06. The van der Waals surface area contributed by atoms with Gasteiger partial charge >= 0.3 is 0 Å². The summed E-state index contributed by atoms with van der Waals surface area (Å²) < 4.78 is 27.1. The number of nitrogens with zero attached hydrogens (tertiary/aromatic N) is 2. The van der Waals surface area contributed by atoms with Gasteiger partial charge in [0, 0.05) is 0 Å². The van der Waals surface area contributed by atoms with Crippen LogP contribution < -0.4 is 0 Å².